The largest absolute Gasteiger partial charge is 0.450 e. The van der Waals surface area contributed by atoms with Crippen molar-refractivity contribution < 1.29 is 9.53 Å². The number of hydrogen-bond donors (Lipinski definition) is 2. The maximum absolute atomic E-state index is 11.3. The Hall–Kier alpha value is -2.52. The quantitative estimate of drug-likeness (QED) is 0.477. The minimum Gasteiger partial charge on any atom is -0.450 e. The maximum atomic E-state index is 11.3. The van der Waals surface area contributed by atoms with E-state index < -0.39 is 0 Å². The average Bonchev–Trinajstić information content (AvgIpc) is 3.31. The summed E-state index contributed by atoms with van der Waals surface area (Å²) in [4.78, 5) is 20.7. The van der Waals surface area contributed by atoms with Crippen LogP contribution in [0.3, 0.4) is 0 Å². The highest BCUT2D eigenvalue weighted by atomic mass is 16.5. The molecule has 1 amide bonds. The van der Waals surface area contributed by atoms with E-state index in [0.29, 0.717) is 30.7 Å². The molecule has 2 N–H and O–H groups in total. The van der Waals surface area contributed by atoms with Gasteiger partial charge >= 0.3 is 6.09 Å². The van der Waals surface area contributed by atoms with Crippen LogP contribution >= 0.6 is 0 Å². The highest BCUT2D eigenvalue weighted by Gasteiger charge is 2.40. The molecule has 0 spiro atoms. The molecule has 2 unspecified atom stereocenters. The molecule has 0 bridgehead atoms. The Morgan fingerprint density at radius 2 is 2.25 bits per heavy atom. The van der Waals surface area contributed by atoms with Crippen LogP contribution in [-0.2, 0) is 4.74 Å². The zero-order valence-electron chi connectivity index (χ0n) is 16.1. The number of aromatic amines is 1. The SMILES string of the molecule is C.[C-]#[N+]c1ccc2[nH]cc(C3CC3CN(CC)CCCNC(=O)OCC)c2c1. The van der Waals surface area contributed by atoms with Gasteiger partial charge in [-0.2, -0.15) is 0 Å². The molecule has 1 fully saturated rings. The van der Waals surface area contributed by atoms with Gasteiger partial charge in [-0.05, 0) is 67.8 Å². The lowest BCUT2D eigenvalue weighted by Crippen LogP contribution is -2.31. The number of alkyl carbamates (subject to hydrolysis) is 1. The van der Waals surface area contributed by atoms with Gasteiger partial charge in [-0.15, -0.1) is 0 Å². The number of carbonyl (C=O) groups excluding carboxylic acids is 1. The van der Waals surface area contributed by atoms with E-state index in [1.54, 1.807) is 6.92 Å². The van der Waals surface area contributed by atoms with E-state index in [9.17, 15) is 4.79 Å². The predicted molar refractivity (Wildman–Crippen MR) is 114 cm³/mol. The predicted octanol–water partition coefficient (Wildman–Crippen LogP) is 4.92. The van der Waals surface area contributed by atoms with E-state index in [0.717, 1.165) is 31.6 Å². The van der Waals surface area contributed by atoms with Crippen LogP contribution in [0.2, 0.25) is 0 Å². The number of hydrogen-bond acceptors (Lipinski definition) is 3. The first-order valence-corrected chi connectivity index (χ1v) is 9.77. The van der Waals surface area contributed by atoms with Crippen molar-refractivity contribution in [2.24, 2.45) is 5.92 Å². The molecule has 1 heterocycles. The Labute approximate surface area is 168 Å². The topological polar surface area (TPSA) is 61.7 Å². The fourth-order valence-electron chi connectivity index (χ4n) is 3.72. The fourth-order valence-corrected chi connectivity index (χ4v) is 3.72. The molecule has 0 aliphatic heterocycles. The van der Waals surface area contributed by atoms with E-state index in [1.165, 1.54) is 17.4 Å². The second-order valence-corrected chi connectivity index (χ2v) is 7.08. The molecule has 6 nitrogen and oxygen atoms in total. The summed E-state index contributed by atoms with van der Waals surface area (Å²) in [7, 11) is 0. The van der Waals surface area contributed by atoms with Gasteiger partial charge in [0.1, 0.15) is 0 Å². The van der Waals surface area contributed by atoms with Gasteiger partial charge in [0.2, 0.25) is 0 Å². The summed E-state index contributed by atoms with van der Waals surface area (Å²) < 4.78 is 4.87. The van der Waals surface area contributed by atoms with Gasteiger partial charge in [0, 0.05) is 24.8 Å². The molecule has 1 aromatic heterocycles. The number of nitrogens with one attached hydrogen (secondary N) is 2. The summed E-state index contributed by atoms with van der Waals surface area (Å²) in [6.07, 6.45) is 3.90. The molecule has 28 heavy (non-hydrogen) atoms. The van der Waals surface area contributed by atoms with Crippen LogP contribution in [-0.4, -0.2) is 48.8 Å². The molecule has 3 rings (SSSR count). The van der Waals surface area contributed by atoms with Crippen molar-refractivity contribution in [2.45, 2.75) is 40.0 Å². The molecule has 1 aromatic carbocycles. The number of aromatic nitrogens is 1. The Bertz CT molecular complexity index is 824. The van der Waals surface area contributed by atoms with Crippen molar-refractivity contribution in [1.82, 2.24) is 15.2 Å². The second-order valence-electron chi connectivity index (χ2n) is 7.08. The lowest BCUT2D eigenvalue weighted by molar-refractivity contribution is 0.151. The summed E-state index contributed by atoms with van der Waals surface area (Å²) in [5, 5.41) is 3.97. The van der Waals surface area contributed by atoms with Gasteiger partial charge in [0.05, 0.1) is 13.2 Å². The van der Waals surface area contributed by atoms with Crippen molar-refractivity contribution in [2.75, 3.05) is 32.8 Å². The van der Waals surface area contributed by atoms with Crippen molar-refractivity contribution in [3.8, 4) is 0 Å². The standard InChI is InChI=1S/C21H28N4O2.CH4/c1-4-25(10-6-9-23-21(26)27-5-2)14-15-11-17(15)19-13-24-20-8-7-16(22-3)12-18(19)20;/h7-8,12-13,15,17,24H,4-6,9-11,14H2,1-2H3,(H,23,26);1H4. The maximum Gasteiger partial charge on any atom is 0.407 e. The molecule has 0 saturated heterocycles. The summed E-state index contributed by atoms with van der Waals surface area (Å²) in [5.41, 5.74) is 3.16. The zero-order valence-corrected chi connectivity index (χ0v) is 16.1. The van der Waals surface area contributed by atoms with E-state index in [-0.39, 0.29) is 13.5 Å². The first kappa shape index (κ1) is 21.8. The van der Waals surface area contributed by atoms with E-state index in [2.05, 4.69) is 33.2 Å². The minimum atomic E-state index is -0.332. The van der Waals surface area contributed by atoms with Crippen molar-refractivity contribution >= 4 is 22.7 Å². The molecule has 152 valence electrons. The smallest absolute Gasteiger partial charge is 0.407 e. The Morgan fingerprint density at radius 1 is 1.43 bits per heavy atom. The van der Waals surface area contributed by atoms with Gasteiger partial charge in [-0.25, -0.2) is 9.64 Å². The average molecular weight is 385 g/mol. The summed E-state index contributed by atoms with van der Waals surface area (Å²) in [6, 6.07) is 5.86. The first-order chi connectivity index (χ1) is 13.2. The third-order valence-electron chi connectivity index (χ3n) is 5.28. The third-order valence-corrected chi connectivity index (χ3v) is 5.28. The Kier molecular flexibility index (Phi) is 7.89. The van der Waals surface area contributed by atoms with Gasteiger partial charge in [-0.3, -0.25) is 0 Å². The van der Waals surface area contributed by atoms with Crippen LogP contribution in [0.25, 0.3) is 15.7 Å². The first-order valence-electron chi connectivity index (χ1n) is 9.77. The highest BCUT2D eigenvalue weighted by Crippen LogP contribution is 2.50. The third kappa shape index (κ3) is 5.26. The monoisotopic (exact) mass is 384 g/mol. The van der Waals surface area contributed by atoms with Gasteiger partial charge in [0.25, 0.3) is 0 Å². The zero-order chi connectivity index (χ0) is 19.2. The van der Waals surface area contributed by atoms with Crippen LogP contribution in [0, 0.1) is 12.5 Å². The number of H-pyrrole nitrogens is 1. The fraction of sp³-hybridized carbons (Fsp3) is 0.545. The Morgan fingerprint density at radius 3 is 2.96 bits per heavy atom. The van der Waals surface area contributed by atoms with Crippen LogP contribution < -0.4 is 5.32 Å². The number of amides is 1. The molecule has 2 atom stereocenters. The minimum absolute atomic E-state index is 0. The summed E-state index contributed by atoms with van der Waals surface area (Å²) >= 11 is 0. The number of nitrogens with zero attached hydrogens (tertiary/aromatic N) is 2. The molecular formula is C22H32N4O2. The van der Waals surface area contributed by atoms with Crippen LogP contribution in [0.4, 0.5) is 10.5 Å². The normalized spacial score (nSPS) is 17.8. The highest BCUT2D eigenvalue weighted by molar-refractivity contribution is 5.87. The van der Waals surface area contributed by atoms with E-state index >= 15 is 0 Å². The molecule has 1 aliphatic carbocycles. The van der Waals surface area contributed by atoms with Crippen molar-refractivity contribution in [3.63, 3.8) is 0 Å². The summed E-state index contributed by atoms with van der Waals surface area (Å²) in [5.74, 6) is 1.24. The van der Waals surface area contributed by atoms with E-state index in [1.807, 2.05) is 18.2 Å². The molecule has 1 aliphatic rings. The lowest BCUT2D eigenvalue weighted by atomic mass is 10.1. The molecule has 2 aromatic rings. The molecule has 1 saturated carbocycles. The second kappa shape index (κ2) is 10.1. The van der Waals surface area contributed by atoms with Gasteiger partial charge in [-0.1, -0.05) is 20.4 Å². The van der Waals surface area contributed by atoms with Crippen molar-refractivity contribution in [3.05, 3.63) is 41.4 Å². The summed E-state index contributed by atoms with van der Waals surface area (Å²) in [6.45, 7) is 15.3. The van der Waals surface area contributed by atoms with Crippen LogP contribution in [0.15, 0.2) is 24.4 Å². The Balaban J connectivity index is 0.00000280. The number of rotatable bonds is 9. The van der Waals surface area contributed by atoms with Crippen molar-refractivity contribution in [1.29, 1.82) is 0 Å². The number of fused-ring (bicyclic) bond motifs is 1. The number of ether oxygens (including phenoxy) is 1. The van der Waals surface area contributed by atoms with E-state index in [4.69, 9.17) is 11.3 Å². The van der Waals surface area contributed by atoms with Gasteiger partial charge < -0.3 is 19.9 Å². The molecule has 6 heteroatoms. The molecular weight excluding hydrogens is 352 g/mol. The van der Waals surface area contributed by atoms with Crippen LogP contribution in [0.5, 0.6) is 0 Å². The number of carbonyl (C=O) groups is 1. The van der Waals surface area contributed by atoms with Crippen LogP contribution in [0.1, 0.15) is 45.6 Å². The molecule has 0 radical (unpaired) electrons. The lowest BCUT2D eigenvalue weighted by Gasteiger charge is -2.20. The van der Waals surface area contributed by atoms with Gasteiger partial charge in [0.15, 0.2) is 5.69 Å². The number of benzene rings is 1.